The van der Waals surface area contributed by atoms with E-state index in [4.69, 9.17) is 15.2 Å². The number of ether oxygens (including phenoxy) is 2. The Morgan fingerprint density at radius 2 is 1.94 bits per heavy atom. The molecule has 0 aliphatic carbocycles. The summed E-state index contributed by atoms with van der Waals surface area (Å²) in [6, 6.07) is -0.735. The highest BCUT2D eigenvalue weighted by Gasteiger charge is 2.37. The summed E-state index contributed by atoms with van der Waals surface area (Å²) in [5.41, 5.74) is 5.23. The minimum Gasteiger partial charge on any atom is -0.467 e. The highest BCUT2D eigenvalue weighted by atomic mass is 16.6. The molecule has 6 heteroatoms. The molecule has 6 nitrogen and oxygen atoms in total. The molecule has 1 aliphatic rings. The van der Waals surface area contributed by atoms with Crippen LogP contribution in [-0.4, -0.2) is 48.3 Å². The number of amides is 1. The van der Waals surface area contributed by atoms with E-state index in [-0.39, 0.29) is 6.04 Å². The highest BCUT2D eigenvalue weighted by molar-refractivity contribution is 5.81. The van der Waals surface area contributed by atoms with Gasteiger partial charge in [-0.2, -0.15) is 0 Å². The average Bonchev–Trinajstić information content (AvgIpc) is 2.25. The van der Waals surface area contributed by atoms with Crippen molar-refractivity contribution < 1.29 is 19.1 Å². The van der Waals surface area contributed by atoms with E-state index in [2.05, 4.69) is 0 Å². The van der Waals surface area contributed by atoms with E-state index in [0.717, 1.165) is 0 Å². The second kappa shape index (κ2) is 5.56. The summed E-state index contributed by atoms with van der Waals surface area (Å²) in [6.07, 6.45) is 0.573. The normalized spacial score (nSPS) is 24.6. The number of likely N-dealkylation sites (tertiary alicyclic amines) is 1. The molecule has 0 saturated carbocycles. The van der Waals surface area contributed by atoms with Crippen molar-refractivity contribution in [1.82, 2.24) is 4.90 Å². The Morgan fingerprint density at radius 1 is 1.33 bits per heavy atom. The first-order valence-corrected chi connectivity index (χ1v) is 6.07. The van der Waals surface area contributed by atoms with Crippen LogP contribution in [0.15, 0.2) is 0 Å². The second-order valence-electron chi connectivity index (χ2n) is 5.50. The fourth-order valence-corrected chi connectivity index (χ4v) is 1.89. The van der Waals surface area contributed by atoms with Crippen LogP contribution in [0.4, 0.5) is 4.79 Å². The van der Waals surface area contributed by atoms with Crippen molar-refractivity contribution in [3.05, 3.63) is 0 Å². The third-order valence-corrected chi connectivity index (χ3v) is 2.74. The summed E-state index contributed by atoms with van der Waals surface area (Å²) in [4.78, 5) is 25.1. The van der Waals surface area contributed by atoms with Gasteiger partial charge in [-0.15, -0.1) is 0 Å². The van der Waals surface area contributed by atoms with E-state index >= 15 is 0 Å². The zero-order valence-electron chi connectivity index (χ0n) is 11.4. The number of carbonyl (C=O) groups is 2. The summed E-state index contributed by atoms with van der Waals surface area (Å²) in [7, 11) is 1.30. The van der Waals surface area contributed by atoms with Gasteiger partial charge in [0.05, 0.1) is 7.11 Å². The molecule has 1 aliphatic heterocycles. The van der Waals surface area contributed by atoms with Crippen LogP contribution in [0.5, 0.6) is 0 Å². The van der Waals surface area contributed by atoms with Gasteiger partial charge < -0.3 is 15.2 Å². The molecule has 0 aromatic rings. The maximum absolute atomic E-state index is 12.0. The van der Waals surface area contributed by atoms with Gasteiger partial charge in [0.1, 0.15) is 11.6 Å². The Kier molecular flexibility index (Phi) is 4.56. The van der Waals surface area contributed by atoms with E-state index in [1.165, 1.54) is 12.0 Å². The van der Waals surface area contributed by atoms with Crippen molar-refractivity contribution >= 4 is 12.1 Å². The standard InChI is InChI=1S/C12H22N2O4/c1-12(2,3)18-11(16)14-6-5-8(13)7-9(14)10(15)17-4/h8-9H,5-7,13H2,1-4H3/t8-,9+/m0/s1. The predicted octanol–water partition coefficient (Wildman–Crippen LogP) is 0.886. The molecule has 2 atom stereocenters. The first kappa shape index (κ1) is 14.8. The van der Waals surface area contributed by atoms with Crippen LogP contribution in [0, 0.1) is 0 Å². The lowest BCUT2D eigenvalue weighted by Crippen LogP contribution is -2.54. The summed E-state index contributed by atoms with van der Waals surface area (Å²) < 4.78 is 9.98. The van der Waals surface area contributed by atoms with Crippen LogP contribution in [0.25, 0.3) is 0 Å². The number of hydrogen-bond acceptors (Lipinski definition) is 5. The Hall–Kier alpha value is -1.30. The maximum atomic E-state index is 12.0. The molecule has 1 amide bonds. The maximum Gasteiger partial charge on any atom is 0.411 e. The Morgan fingerprint density at radius 3 is 2.44 bits per heavy atom. The van der Waals surface area contributed by atoms with E-state index in [9.17, 15) is 9.59 Å². The number of hydrogen-bond donors (Lipinski definition) is 1. The average molecular weight is 258 g/mol. The summed E-state index contributed by atoms with van der Waals surface area (Å²) >= 11 is 0. The van der Waals surface area contributed by atoms with Crippen LogP contribution in [-0.2, 0) is 14.3 Å². The fraction of sp³-hybridized carbons (Fsp3) is 0.833. The summed E-state index contributed by atoms with van der Waals surface area (Å²) in [5.74, 6) is -0.448. The molecule has 1 heterocycles. The highest BCUT2D eigenvalue weighted by Crippen LogP contribution is 2.20. The van der Waals surface area contributed by atoms with E-state index in [0.29, 0.717) is 19.4 Å². The number of rotatable bonds is 1. The molecule has 0 aromatic heterocycles. The number of esters is 1. The van der Waals surface area contributed by atoms with Crippen molar-refractivity contribution in [2.75, 3.05) is 13.7 Å². The molecule has 1 saturated heterocycles. The van der Waals surface area contributed by atoms with Gasteiger partial charge in [0, 0.05) is 12.6 Å². The zero-order chi connectivity index (χ0) is 13.9. The molecule has 0 bridgehead atoms. The number of nitrogens with zero attached hydrogens (tertiary/aromatic N) is 1. The second-order valence-corrected chi connectivity index (χ2v) is 5.50. The lowest BCUT2D eigenvalue weighted by atomic mass is 9.98. The molecule has 1 rings (SSSR count). The number of piperidine rings is 1. The van der Waals surface area contributed by atoms with Crippen LogP contribution in [0.2, 0.25) is 0 Å². The molecule has 0 unspecified atom stereocenters. The molecular weight excluding hydrogens is 236 g/mol. The third kappa shape index (κ3) is 3.87. The molecule has 0 radical (unpaired) electrons. The molecular formula is C12H22N2O4. The van der Waals surface area contributed by atoms with Gasteiger partial charge in [-0.3, -0.25) is 4.90 Å². The fourth-order valence-electron chi connectivity index (χ4n) is 1.89. The first-order valence-electron chi connectivity index (χ1n) is 6.07. The van der Waals surface area contributed by atoms with Gasteiger partial charge in [-0.1, -0.05) is 0 Å². The van der Waals surface area contributed by atoms with Gasteiger partial charge >= 0.3 is 12.1 Å². The van der Waals surface area contributed by atoms with Gasteiger partial charge in [-0.25, -0.2) is 9.59 Å². The summed E-state index contributed by atoms with van der Waals surface area (Å²) in [5, 5.41) is 0. The number of carbonyl (C=O) groups excluding carboxylic acids is 2. The Labute approximate surface area is 107 Å². The number of methoxy groups -OCH3 is 1. The van der Waals surface area contributed by atoms with Crippen LogP contribution < -0.4 is 5.73 Å². The Bertz CT molecular complexity index is 325. The predicted molar refractivity (Wildman–Crippen MR) is 66.0 cm³/mol. The van der Waals surface area contributed by atoms with Crippen LogP contribution in [0.1, 0.15) is 33.6 Å². The van der Waals surface area contributed by atoms with Crippen molar-refractivity contribution in [3.63, 3.8) is 0 Å². The van der Waals surface area contributed by atoms with Gasteiger partial charge in [0.25, 0.3) is 0 Å². The molecule has 1 fully saturated rings. The topological polar surface area (TPSA) is 81.9 Å². The van der Waals surface area contributed by atoms with Crippen molar-refractivity contribution in [3.8, 4) is 0 Å². The lowest BCUT2D eigenvalue weighted by Gasteiger charge is -2.37. The van der Waals surface area contributed by atoms with E-state index in [1.807, 2.05) is 0 Å². The zero-order valence-corrected chi connectivity index (χ0v) is 11.4. The number of nitrogens with two attached hydrogens (primary N) is 1. The van der Waals surface area contributed by atoms with E-state index < -0.39 is 23.7 Å². The molecule has 2 N–H and O–H groups in total. The van der Waals surface area contributed by atoms with Gasteiger partial charge in [0.2, 0.25) is 0 Å². The van der Waals surface area contributed by atoms with Gasteiger partial charge in [-0.05, 0) is 33.6 Å². The SMILES string of the molecule is COC(=O)[C@H]1C[C@@H](N)CCN1C(=O)OC(C)(C)C. The minimum absolute atomic E-state index is 0.0900. The monoisotopic (exact) mass is 258 g/mol. The molecule has 18 heavy (non-hydrogen) atoms. The molecule has 104 valence electrons. The molecule has 0 aromatic carbocycles. The first-order chi connectivity index (χ1) is 8.24. The quantitative estimate of drug-likeness (QED) is 0.706. The Balaban J connectivity index is 2.77. The third-order valence-electron chi connectivity index (χ3n) is 2.74. The van der Waals surface area contributed by atoms with Crippen molar-refractivity contribution in [2.24, 2.45) is 5.73 Å². The van der Waals surface area contributed by atoms with Crippen LogP contribution >= 0.6 is 0 Å². The van der Waals surface area contributed by atoms with Crippen molar-refractivity contribution in [2.45, 2.75) is 51.3 Å². The summed E-state index contributed by atoms with van der Waals surface area (Å²) in [6.45, 7) is 5.77. The minimum atomic E-state index is -0.645. The van der Waals surface area contributed by atoms with E-state index in [1.54, 1.807) is 20.8 Å². The van der Waals surface area contributed by atoms with Crippen LogP contribution in [0.3, 0.4) is 0 Å². The smallest absolute Gasteiger partial charge is 0.411 e. The van der Waals surface area contributed by atoms with Gasteiger partial charge in [0.15, 0.2) is 0 Å². The lowest BCUT2D eigenvalue weighted by molar-refractivity contribution is -0.148. The largest absolute Gasteiger partial charge is 0.467 e. The van der Waals surface area contributed by atoms with Crippen molar-refractivity contribution in [1.29, 1.82) is 0 Å². The molecule has 0 spiro atoms.